The lowest BCUT2D eigenvalue weighted by Gasteiger charge is -2.13. The normalized spacial score (nSPS) is 10.6. The number of pyridine rings is 1. The molecule has 0 saturated carbocycles. The van der Waals surface area contributed by atoms with E-state index < -0.39 is 0 Å². The molecule has 3 aromatic rings. The third kappa shape index (κ3) is 7.29. The number of aryl methyl sites for hydroxylation is 2. The summed E-state index contributed by atoms with van der Waals surface area (Å²) in [4.78, 5) is 16.6. The Morgan fingerprint density at radius 1 is 1.11 bits per heavy atom. The first-order valence-corrected chi connectivity index (χ1v) is 11.4. The summed E-state index contributed by atoms with van der Waals surface area (Å²) >= 11 is 0. The maximum absolute atomic E-state index is 12.3. The maximum Gasteiger partial charge on any atom is 0.262 e. The molecule has 0 fully saturated rings. The molecule has 1 heterocycles. The molecule has 3 rings (SSSR count). The van der Waals surface area contributed by atoms with Gasteiger partial charge in [0.15, 0.2) is 23.9 Å². The van der Waals surface area contributed by atoms with Crippen LogP contribution in [0.15, 0.2) is 53.6 Å². The van der Waals surface area contributed by atoms with Crippen molar-refractivity contribution in [1.29, 1.82) is 5.26 Å². The Bertz CT molecular complexity index is 1270. The Kier molecular flexibility index (Phi) is 9.37. The summed E-state index contributed by atoms with van der Waals surface area (Å²) in [5.74, 6) is 1.00. The molecule has 0 radical (unpaired) electrons. The van der Waals surface area contributed by atoms with E-state index in [1.54, 1.807) is 31.5 Å². The number of nitrogens with one attached hydrogen (secondary N) is 2. The Hall–Kier alpha value is -4.42. The van der Waals surface area contributed by atoms with Crippen molar-refractivity contribution in [2.75, 3.05) is 31.1 Å². The van der Waals surface area contributed by atoms with Crippen LogP contribution in [-0.2, 0) is 16.1 Å². The van der Waals surface area contributed by atoms with Crippen LogP contribution in [0.1, 0.15) is 34.9 Å². The zero-order valence-electron chi connectivity index (χ0n) is 20.8. The van der Waals surface area contributed by atoms with Crippen molar-refractivity contribution in [1.82, 2.24) is 4.98 Å². The summed E-state index contributed by atoms with van der Waals surface area (Å²) < 4.78 is 16.6. The fraction of sp³-hybridized carbons (Fsp3) is 0.259. The monoisotopic (exact) mass is 487 g/mol. The van der Waals surface area contributed by atoms with Crippen molar-refractivity contribution in [2.24, 2.45) is 5.10 Å². The van der Waals surface area contributed by atoms with E-state index >= 15 is 0 Å². The number of benzene rings is 2. The topological polar surface area (TPSA) is 118 Å². The first-order valence-electron chi connectivity index (χ1n) is 11.4. The van der Waals surface area contributed by atoms with Gasteiger partial charge >= 0.3 is 0 Å². The van der Waals surface area contributed by atoms with Gasteiger partial charge in [0.05, 0.1) is 19.4 Å². The smallest absolute Gasteiger partial charge is 0.262 e. The molecule has 36 heavy (non-hydrogen) atoms. The molecule has 0 spiro atoms. The van der Waals surface area contributed by atoms with Crippen molar-refractivity contribution >= 4 is 23.6 Å². The third-order valence-corrected chi connectivity index (χ3v) is 4.99. The van der Waals surface area contributed by atoms with Crippen LogP contribution in [0.5, 0.6) is 11.5 Å². The van der Waals surface area contributed by atoms with Crippen LogP contribution in [0.3, 0.4) is 0 Å². The van der Waals surface area contributed by atoms with Crippen molar-refractivity contribution in [3.05, 3.63) is 76.5 Å². The average Bonchev–Trinajstić information content (AvgIpc) is 2.85. The molecule has 0 aliphatic heterocycles. The standard InChI is InChI=1S/C27H29N5O4/c1-5-35-25-13-20(15-29-32-27-23(14-28)21(16-34-4)12-19(3)30-27)8-11-24(25)36-17-26(33)31-22-9-6-18(2)7-10-22/h6-13,15H,5,16-17H2,1-4H3,(H,30,32)(H,31,33)/b29-15+. The summed E-state index contributed by atoms with van der Waals surface area (Å²) in [6, 6.07) is 16.7. The van der Waals surface area contributed by atoms with Gasteiger partial charge in [0.2, 0.25) is 0 Å². The van der Waals surface area contributed by atoms with Crippen molar-refractivity contribution < 1.29 is 19.0 Å². The molecule has 9 nitrogen and oxygen atoms in total. The fourth-order valence-corrected chi connectivity index (χ4v) is 3.35. The number of amides is 1. The molecule has 2 aromatic carbocycles. The molecule has 0 bridgehead atoms. The number of nitriles is 1. The van der Waals surface area contributed by atoms with Gasteiger partial charge in [-0.25, -0.2) is 4.98 Å². The molecular weight excluding hydrogens is 458 g/mol. The summed E-state index contributed by atoms with van der Waals surface area (Å²) in [6.45, 7) is 6.24. The first kappa shape index (κ1) is 26.2. The highest BCUT2D eigenvalue weighted by molar-refractivity contribution is 5.92. The Morgan fingerprint density at radius 2 is 1.89 bits per heavy atom. The van der Waals surface area contributed by atoms with Gasteiger partial charge in [0.25, 0.3) is 5.91 Å². The van der Waals surface area contributed by atoms with Crippen LogP contribution < -0.4 is 20.2 Å². The number of carbonyl (C=O) groups excluding carboxylic acids is 1. The Morgan fingerprint density at radius 3 is 2.58 bits per heavy atom. The number of aromatic nitrogens is 1. The zero-order valence-corrected chi connectivity index (χ0v) is 20.8. The van der Waals surface area contributed by atoms with Crippen LogP contribution in [0.4, 0.5) is 11.5 Å². The van der Waals surface area contributed by atoms with Crippen molar-refractivity contribution in [3.63, 3.8) is 0 Å². The highest BCUT2D eigenvalue weighted by Crippen LogP contribution is 2.28. The second-order valence-corrected chi connectivity index (χ2v) is 7.90. The zero-order chi connectivity index (χ0) is 25.9. The molecule has 186 valence electrons. The minimum atomic E-state index is -0.275. The fourth-order valence-electron chi connectivity index (χ4n) is 3.35. The SMILES string of the molecule is CCOc1cc(/C=N/Nc2nc(C)cc(COC)c2C#N)ccc1OCC(=O)Nc1ccc(C)cc1. The second-order valence-electron chi connectivity index (χ2n) is 7.90. The number of anilines is 2. The van der Waals surface area contributed by atoms with Crippen LogP contribution in [0.2, 0.25) is 0 Å². The predicted molar refractivity (Wildman–Crippen MR) is 139 cm³/mol. The van der Waals surface area contributed by atoms with E-state index in [0.29, 0.717) is 41.8 Å². The molecular formula is C27H29N5O4. The molecule has 0 saturated heterocycles. The minimum Gasteiger partial charge on any atom is -0.490 e. The number of methoxy groups -OCH3 is 1. The molecule has 0 atom stereocenters. The quantitative estimate of drug-likeness (QED) is 0.300. The number of nitrogens with zero attached hydrogens (tertiary/aromatic N) is 3. The summed E-state index contributed by atoms with van der Waals surface area (Å²) in [6.07, 6.45) is 1.58. The van der Waals surface area contributed by atoms with Crippen molar-refractivity contribution in [3.8, 4) is 17.6 Å². The van der Waals surface area contributed by atoms with Crippen LogP contribution >= 0.6 is 0 Å². The van der Waals surface area contributed by atoms with E-state index in [1.165, 1.54) is 0 Å². The summed E-state index contributed by atoms with van der Waals surface area (Å²) in [5, 5.41) is 16.6. The molecule has 0 aliphatic rings. The van der Waals surface area contributed by atoms with Crippen LogP contribution in [-0.4, -0.2) is 37.4 Å². The van der Waals surface area contributed by atoms with Gasteiger partial charge in [0.1, 0.15) is 11.6 Å². The number of rotatable bonds is 11. The maximum atomic E-state index is 12.3. The highest BCUT2D eigenvalue weighted by Gasteiger charge is 2.12. The van der Waals surface area contributed by atoms with E-state index in [-0.39, 0.29) is 12.5 Å². The van der Waals surface area contributed by atoms with Crippen LogP contribution in [0, 0.1) is 25.2 Å². The van der Waals surface area contributed by atoms with E-state index in [9.17, 15) is 10.1 Å². The van der Waals surface area contributed by atoms with Gasteiger partial charge in [0, 0.05) is 24.1 Å². The highest BCUT2D eigenvalue weighted by atomic mass is 16.5. The molecule has 1 amide bonds. The van der Waals surface area contributed by atoms with E-state index in [1.807, 2.05) is 51.1 Å². The first-order chi connectivity index (χ1) is 17.4. The lowest BCUT2D eigenvalue weighted by Crippen LogP contribution is -2.20. The third-order valence-electron chi connectivity index (χ3n) is 4.99. The second kappa shape index (κ2) is 12.9. The number of carbonyl (C=O) groups is 1. The van der Waals surface area contributed by atoms with Crippen LogP contribution in [0.25, 0.3) is 0 Å². The summed E-state index contributed by atoms with van der Waals surface area (Å²) in [7, 11) is 1.57. The Labute approximate surface area is 210 Å². The van der Waals surface area contributed by atoms with E-state index in [0.717, 1.165) is 22.4 Å². The van der Waals surface area contributed by atoms with Gasteiger partial charge in [-0.2, -0.15) is 10.4 Å². The van der Waals surface area contributed by atoms with E-state index in [4.69, 9.17) is 14.2 Å². The van der Waals surface area contributed by atoms with Gasteiger partial charge in [-0.05, 0) is 62.7 Å². The number of ether oxygens (including phenoxy) is 3. The van der Waals surface area contributed by atoms with Crippen molar-refractivity contribution in [2.45, 2.75) is 27.4 Å². The van der Waals surface area contributed by atoms with E-state index in [2.05, 4.69) is 26.9 Å². The molecule has 9 heteroatoms. The lowest BCUT2D eigenvalue weighted by atomic mass is 10.1. The number of hydrogen-bond acceptors (Lipinski definition) is 8. The largest absolute Gasteiger partial charge is 0.490 e. The number of hydrogen-bond donors (Lipinski definition) is 2. The average molecular weight is 488 g/mol. The Balaban J connectivity index is 1.68. The molecule has 2 N–H and O–H groups in total. The molecule has 0 unspecified atom stereocenters. The van der Waals surface area contributed by atoms with Gasteiger partial charge < -0.3 is 19.5 Å². The minimum absolute atomic E-state index is 0.164. The van der Waals surface area contributed by atoms with Gasteiger partial charge in [-0.15, -0.1) is 0 Å². The molecule has 0 aliphatic carbocycles. The van der Waals surface area contributed by atoms with Gasteiger partial charge in [-0.1, -0.05) is 17.7 Å². The predicted octanol–water partition coefficient (Wildman–Crippen LogP) is 4.58. The van der Waals surface area contributed by atoms with Gasteiger partial charge in [-0.3, -0.25) is 10.2 Å². The molecule has 1 aromatic heterocycles. The summed E-state index contributed by atoms with van der Waals surface area (Å²) in [5.41, 5.74) is 7.24. The lowest BCUT2D eigenvalue weighted by molar-refractivity contribution is -0.118. The number of hydrazone groups is 1.